The third-order valence-electron chi connectivity index (χ3n) is 3.77. The molecule has 0 aromatic carbocycles. The lowest BCUT2D eigenvalue weighted by Crippen LogP contribution is -2.18. The fraction of sp³-hybridized carbons (Fsp3) is 0.400. The van der Waals surface area contributed by atoms with Crippen molar-refractivity contribution in [1.82, 2.24) is 19.5 Å². The van der Waals surface area contributed by atoms with Crippen LogP contribution in [0.3, 0.4) is 0 Å². The molecule has 0 aliphatic carbocycles. The molecule has 7 nitrogen and oxygen atoms in total. The van der Waals surface area contributed by atoms with Crippen LogP contribution in [0.1, 0.15) is 6.42 Å². The van der Waals surface area contributed by atoms with Crippen LogP contribution in [0.5, 0.6) is 5.88 Å². The number of aliphatic hydroxyl groups excluding tert-OH is 1. The van der Waals surface area contributed by atoms with Gasteiger partial charge in [-0.15, -0.1) is 0 Å². The van der Waals surface area contributed by atoms with E-state index in [1.165, 1.54) is 6.33 Å². The van der Waals surface area contributed by atoms with Crippen LogP contribution in [-0.2, 0) is 11.3 Å². The Balaban J connectivity index is 2.15. The summed E-state index contributed by atoms with van der Waals surface area (Å²) in [6.07, 6.45) is 3.70. The van der Waals surface area contributed by atoms with Crippen molar-refractivity contribution in [1.29, 1.82) is 0 Å². The number of aromatic nitrogens is 4. The molecule has 0 aliphatic rings. The van der Waals surface area contributed by atoms with E-state index in [1.807, 2.05) is 12.1 Å². The van der Waals surface area contributed by atoms with E-state index in [0.29, 0.717) is 18.8 Å². The van der Waals surface area contributed by atoms with E-state index in [-0.39, 0.29) is 12.7 Å². The first-order chi connectivity index (χ1) is 10.8. The quantitative estimate of drug-likeness (QED) is 0.741. The van der Waals surface area contributed by atoms with Gasteiger partial charge in [-0.25, -0.2) is 9.97 Å². The maximum Gasteiger partial charge on any atom is 0.228 e. The average Bonchev–Trinajstić information content (AvgIpc) is 2.90. The second kappa shape index (κ2) is 6.25. The summed E-state index contributed by atoms with van der Waals surface area (Å²) < 4.78 is 12.6. The third-order valence-corrected chi connectivity index (χ3v) is 3.77. The number of fused-ring (bicyclic) bond motifs is 3. The normalized spacial score (nSPS) is 12.9. The standard InChI is InChI=1S/C15H18N4O3/c1-21-10(8-20)5-7-19-11-4-3-6-16-13(11)12-14(19)17-9-18-15(12)22-2/h3-4,6,9-10,20H,5,7-8H2,1-2H3/t10-/m0/s1. The minimum Gasteiger partial charge on any atom is -0.480 e. The van der Waals surface area contributed by atoms with E-state index >= 15 is 0 Å². The molecule has 3 rings (SSSR count). The van der Waals surface area contributed by atoms with Crippen LogP contribution in [-0.4, -0.2) is 51.6 Å². The molecule has 22 heavy (non-hydrogen) atoms. The lowest BCUT2D eigenvalue weighted by atomic mass is 10.2. The molecule has 3 aromatic rings. The van der Waals surface area contributed by atoms with Gasteiger partial charge in [-0.1, -0.05) is 0 Å². The van der Waals surface area contributed by atoms with Crippen molar-refractivity contribution in [2.24, 2.45) is 0 Å². The van der Waals surface area contributed by atoms with Crippen LogP contribution in [0.2, 0.25) is 0 Å². The Hall–Kier alpha value is -2.25. The minimum absolute atomic E-state index is 0.00973. The Morgan fingerprint density at radius 1 is 1.27 bits per heavy atom. The van der Waals surface area contributed by atoms with E-state index < -0.39 is 0 Å². The van der Waals surface area contributed by atoms with Gasteiger partial charge in [-0.2, -0.15) is 0 Å². The van der Waals surface area contributed by atoms with Gasteiger partial charge in [0.1, 0.15) is 22.9 Å². The summed E-state index contributed by atoms with van der Waals surface area (Å²) in [5, 5.41) is 10.1. The van der Waals surface area contributed by atoms with Gasteiger partial charge in [0.05, 0.1) is 25.3 Å². The smallest absolute Gasteiger partial charge is 0.228 e. The largest absolute Gasteiger partial charge is 0.480 e. The molecular weight excluding hydrogens is 284 g/mol. The molecule has 0 fully saturated rings. The highest BCUT2D eigenvalue weighted by molar-refractivity contribution is 6.06. The third kappa shape index (κ3) is 2.38. The monoisotopic (exact) mass is 302 g/mol. The highest BCUT2D eigenvalue weighted by atomic mass is 16.5. The van der Waals surface area contributed by atoms with Crippen LogP contribution in [0, 0.1) is 0 Å². The number of aryl methyl sites for hydroxylation is 1. The van der Waals surface area contributed by atoms with Gasteiger partial charge in [0.25, 0.3) is 0 Å². The number of rotatable bonds is 6. The highest BCUT2D eigenvalue weighted by Gasteiger charge is 2.18. The Morgan fingerprint density at radius 3 is 2.86 bits per heavy atom. The molecule has 0 unspecified atom stereocenters. The molecule has 1 atom stereocenters. The number of hydrogen-bond acceptors (Lipinski definition) is 6. The Morgan fingerprint density at radius 2 is 2.14 bits per heavy atom. The number of pyridine rings is 1. The van der Waals surface area contributed by atoms with Gasteiger partial charge in [0.2, 0.25) is 5.88 Å². The van der Waals surface area contributed by atoms with Crippen LogP contribution >= 0.6 is 0 Å². The number of ether oxygens (including phenoxy) is 2. The van der Waals surface area contributed by atoms with Crippen molar-refractivity contribution in [3.63, 3.8) is 0 Å². The molecule has 0 amide bonds. The molecular formula is C15H18N4O3. The maximum atomic E-state index is 9.27. The van der Waals surface area contributed by atoms with Gasteiger partial charge >= 0.3 is 0 Å². The summed E-state index contributed by atoms with van der Waals surface area (Å²) in [6, 6.07) is 3.88. The second-order valence-corrected chi connectivity index (χ2v) is 4.93. The summed E-state index contributed by atoms with van der Waals surface area (Å²) in [5.41, 5.74) is 2.55. The Bertz CT molecular complexity index is 783. The first-order valence-corrected chi connectivity index (χ1v) is 7.05. The number of hydrogen-bond donors (Lipinski definition) is 1. The molecule has 0 saturated heterocycles. The van der Waals surface area contributed by atoms with Crippen LogP contribution in [0.15, 0.2) is 24.7 Å². The predicted octanol–water partition coefficient (Wildman–Crippen LogP) is 1.39. The van der Waals surface area contributed by atoms with Crippen molar-refractivity contribution in [3.05, 3.63) is 24.7 Å². The molecule has 3 aromatic heterocycles. The fourth-order valence-electron chi connectivity index (χ4n) is 2.63. The predicted molar refractivity (Wildman–Crippen MR) is 81.9 cm³/mol. The van der Waals surface area contributed by atoms with Crippen molar-refractivity contribution in [2.75, 3.05) is 20.8 Å². The molecule has 0 radical (unpaired) electrons. The first-order valence-electron chi connectivity index (χ1n) is 7.05. The van der Waals surface area contributed by atoms with Gasteiger partial charge in [0.15, 0.2) is 0 Å². The average molecular weight is 302 g/mol. The van der Waals surface area contributed by atoms with E-state index in [0.717, 1.165) is 22.1 Å². The summed E-state index contributed by atoms with van der Waals surface area (Å²) in [7, 11) is 3.18. The van der Waals surface area contributed by atoms with Gasteiger partial charge in [-0.05, 0) is 18.6 Å². The van der Waals surface area contributed by atoms with E-state index in [9.17, 15) is 5.11 Å². The van der Waals surface area contributed by atoms with Gasteiger partial charge < -0.3 is 19.1 Å². The number of nitrogens with zero attached hydrogens (tertiary/aromatic N) is 4. The molecule has 0 aliphatic heterocycles. The van der Waals surface area contributed by atoms with E-state index in [4.69, 9.17) is 9.47 Å². The van der Waals surface area contributed by atoms with E-state index in [2.05, 4.69) is 19.5 Å². The first kappa shape index (κ1) is 14.7. The number of methoxy groups -OCH3 is 2. The lowest BCUT2D eigenvalue weighted by molar-refractivity contribution is 0.0407. The summed E-state index contributed by atoms with van der Waals surface area (Å²) in [4.78, 5) is 13.0. The zero-order chi connectivity index (χ0) is 15.5. The van der Waals surface area contributed by atoms with Crippen molar-refractivity contribution in [3.8, 4) is 5.88 Å². The molecule has 7 heteroatoms. The molecule has 0 bridgehead atoms. The van der Waals surface area contributed by atoms with Gasteiger partial charge in [0, 0.05) is 19.9 Å². The highest BCUT2D eigenvalue weighted by Crippen LogP contribution is 2.31. The molecule has 3 heterocycles. The number of aliphatic hydroxyl groups is 1. The summed E-state index contributed by atoms with van der Waals surface area (Å²) >= 11 is 0. The van der Waals surface area contributed by atoms with Crippen LogP contribution in [0.25, 0.3) is 22.1 Å². The molecule has 0 spiro atoms. The second-order valence-electron chi connectivity index (χ2n) is 4.93. The summed E-state index contributed by atoms with van der Waals surface area (Å²) in [6.45, 7) is 0.648. The lowest BCUT2D eigenvalue weighted by Gasteiger charge is -2.13. The minimum atomic E-state index is -0.201. The van der Waals surface area contributed by atoms with Crippen molar-refractivity contribution in [2.45, 2.75) is 19.1 Å². The van der Waals surface area contributed by atoms with Gasteiger partial charge in [-0.3, -0.25) is 4.98 Å². The van der Waals surface area contributed by atoms with Crippen molar-refractivity contribution >= 4 is 22.1 Å². The SMILES string of the molecule is COc1ncnc2c1c1ncccc1n2CC[C@@H](CO)OC. The van der Waals surface area contributed by atoms with Crippen LogP contribution < -0.4 is 4.74 Å². The zero-order valence-corrected chi connectivity index (χ0v) is 12.6. The summed E-state index contributed by atoms with van der Waals surface area (Å²) in [5.74, 6) is 0.512. The topological polar surface area (TPSA) is 82.3 Å². The Labute approximate surface area is 127 Å². The Kier molecular flexibility index (Phi) is 4.17. The molecule has 116 valence electrons. The molecule has 1 N–H and O–H groups in total. The maximum absolute atomic E-state index is 9.27. The van der Waals surface area contributed by atoms with Crippen molar-refractivity contribution < 1.29 is 14.6 Å². The fourth-order valence-corrected chi connectivity index (χ4v) is 2.63. The van der Waals surface area contributed by atoms with E-state index in [1.54, 1.807) is 20.4 Å². The molecule has 0 saturated carbocycles. The van der Waals surface area contributed by atoms with Crippen LogP contribution in [0.4, 0.5) is 0 Å². The zero-order valence-electron chi connectivity index (χ0n) is 12.6.